The van der Waals surface area contributed by atoms with Gasteiger partial charge in [0.05, 0.1) is 0 Å². The van der Waals surface area contributed by atoms with E-state index in [2.05, 4.69) is 5.32 Å². The zero-order valence-electron chi connectivity index (χ0n) is 13.5. The lowest BCUT2D eigenvalue weighted by Crippen LogP contribution is -2.53. The summed E-state index contributed by atoms with van der Waals surface area (Å²) in [6.07, 6.45) is -5.53. The van der Waals surface area contributed by atoms with Crippen LogP contribution in [-0.2, 0) is 5.92 Å². The van der Waals surface area contributed by atoms with Crippen molar-refractivity contribution >= 4 is 5.69 Å². The van der Waals surface area contributed by atoms with Gasteiger partial charge in [-0.2, -0.15) is 26.3 Å². The molecule has 0 heterocycles. The fourth-order valence-corrected chi connectivity index (χ4v) is 2.35. The van der Waals surface area contributed by atoms with Crippen molar-refractivity contribution in [2.75, 3.05) is 18.4 Å². The maximum absolute atomic E-state index is 14.1. The molecule has 0 saturated carbocycles. The van der Waals surface area contributed by atoms with Gasteiger partial charge >= 0.3 is 18.0 Å². The lowest BCUT2D eigenvalue weighted by molar-refractivity contribution is -0.390. The number of aryl methyl sites for hydroxylation is 1. The molecule has 1 rings (SSSR count). The van der Waals surface area contributed by atoms with Crippen molar-refractivity contribution in [2.24, 2.45) is 5.73 Å². The van der Waals surface area contributed by atoms with Crippen molar-refractivity contribution in [3.05, 3.63) is 28.3 Å². The minimum absolute atomic E-state index is 0.211. The molecule has 9 heteroatoms. The Labute approximate surface area is 135 Å². The van der Waals surface area contributed by atoms with Crippen LogP contribution in [0.4, 0.5) is 32.0 Å². The van der Waals surface area contributed by atoms with Gasteiger partial charge in [-0.1, -0.05) is 0 Å². The minimum atomic E-state index is -6.14. The summed E-state index contributed by atoms with van der Waals surface area (Å²) in [5, 5.41) is 11.8. The van der Waals surface area contributed by atoms with Gasteiger partial charge in [-0.15, -0.1) is 0 Å². The first kappa shape index (κ1) is 20.6. The molecule has 4 N–H and O–H groups in total. The molecule has 0 radical (unpaired) electrons. The summed E-state index contributed by atoms with van der Waals surface area (Å²) >= 11 is 0. The molecule has 0 spiro atoms. The van der Waals surface area contributed by atoms with Crippen LogP contribution in [0.1, 0.15) is 28.7 Å². The van der Waals surface area contributed by atoms with Gasteiger partial charge < -0.3 is 16.2 Å². The number of alkyl halides is 6. The highest BCUT2D eigenvalue weighted by Crippen LogP contribution is 2.50. The van der Waals surface area contributed by atoms with Gasteiger partial charge in [0.1, 0.15) is 0 Å². The lowest BCUT2D eigenvalue weighted by atomic mass is 9.90. The Morgan fingerprint density at radius 2 is 1.58 bits per heavy atom. The third kappa shape index (κ3) is 3.46. The van der Waals surface area contributed by atoms with E-state index in [4.69, 9.17) is 10.8 Å². The predicted molar refractivity (Wildman–Crippen MR) is 78.8 cm³/mol. The molecule has 0 aliphatic carbocycles. The van der Waals surface area contributed by atoms with E-state index >= 15 is 0 Å². The van der Waals surface area contributed by atoms with Gasteiger partial charge in [0.25, 0.3) is 0 Å². The van der Waals surface area contributed by atoms with Gasteiger partial charge in [-0.25, -0.2) is 0 Å². The van der Waals surface area contributed by atoms with Crippen LogP contribution in [0.15, 0.2) is 6.07 Å². The van der Waals surface area contributed by atoms with E-state index < -0.39 is 23.5 Å². The van der Waals surface area contributed by atoms with Gasteiger partial charge in [0.2, 0.25) is 0 Å². The first-order valence-electron chi connectivity index (χ1n) is 7.20. The van der Waals surface area contributed by atoms with Crippen molar-refractivity contribution in [2.45, 2.75) is 45.1 Å². The maximum Gasteiger partial charge on any atom is 0.455 e. The smallest absolute Gasteiger partial charge is 0.385 e. The number of benzene rings is 1. The standard InChI is InChI=1S/C15H20F6N2O/c1-8-7-11(13(16,17)14(18,24)15(19,20)21)9(2)10(3)12(8)23-6-4-5-22/h7,23-24H,4-6,22H2,1-3H3. The second kappa shape index (κ2) is 6.79. The third-order valence-electron chi connectivity index (χ3n) is 3.91. The highest BCUT2D eigenvalue weighted by molar-refractivity contribution is 5.62. The molecule has 1 aromatic carbocycles. The molecule has 3 nitrogen and oxygen atoms in total. The predicted octanol–water partition coefficient (Wildman–Crippen LogP) is 3.68. The van der Waals surface area contributed by atoms with Crippen molar-refractivity contribution < 1.29 is 31.4 Å². The van der Waals surface area contributed by atoms with Crippen molar-refractivity contribution in [3.63, 3.8) is 0 Å². The van der Waals surface area contributed by atoms with Gasteiger partial charge in [0, 0.05) is 17.8 Å². The molecule has 1 aromatic rings. The number of hydrogen-bond acceptors (Lipinski definition) is 3. The number of rotatable bonds is 6. The molecule has 0 amide bonds. The Bertz CT molecular complexity index is 599. The van der Waals surface area contributed by atoms with Crippen molar-refractivity contribution in [1.82, 2.24) is 0 Å². The van der Waals surface area contributed by atoms with Gasteiger partial charge in [-0.05, 0) is 56.5 Å². The molecule has 1 unspecified atom stereocenters. The Morgan fingerprint density at radius 1 is 1.04 bits per heavy atom. The summed E-state index contributed by atoms with van der Waals surface area (Å²) in [5.74, 6) is -10.8. The number of nitrogens with one attached hydrogen (secondary N) is 1. The van der Waals surface area contributed by atoms with Crippen LogP contribution in [0.2, 0.25) is 0 Å². The zero-order valence-corrected chi connectivity index (χ0v) is 13.5. The van der Waals surface area contributed by atoms with E-state index in [0.717, 1.165) is 13.0 Å². The van der Waals surface area contributed by atoms with Crippen LogP contribution in [0.25, 0.3) is 0 Å². The van der Waals surface area contributed by atoms with E-state index in [9.17, 15) is 26.3 Å². The highest BCUT2D eigenvalue weighted by atomic mass is 19.4. The monoisotopic (exact) mass is 358 g/mol. The summed E-state index contributed by atoms with van der Waals surface area (Å²) in [4.78, 5) is 0. The number of aliphatic hydroxyl groups is 1. The summed E-state index contributed by atoms with van der Waals surface area (Å²) < 4.78 is 79.2. The Morgan fingerprint density at radius 3 is 2.04 bits per heavy atom. The second-order valence-electron chi connectivity index (χ2n) is 5.63. The van der Waals surface area contributed by atoms with Crippen LogP contribution in [0, 0.1) is 20.8 Å². The Kier molecular flexibility index (Phi) is 5.82. The summed E-state index contributed by atoms with van der Waals surface area (Å²) in [6.45, 7) is 4.83. The van der Waals surface area contributed by atoms with Gasteiger partial charge in [0.15, 0.2) is 0 Å². The van der Waals surface area contributed by atoms with Crippen LogP contribution >= 0.6 is 0 Å². The van der Waals surface area contributed by atoms with E-state index in [0.29, 0.717) is 25.2 Å². The van der Waals surface area contributed by atoms with Crippen LogP contribution in [0.3, 0.4) is 0 Å². The number of hydrogen-bond donors (Lipinski definition) is 3. The molecule has 138 valence electrons. The number of halogens is 6. The molecular weight excluding hydrogens is 338 g/mol. The molecule has 0 saturated heterocycles. The molecule has 24 heavy (non-hydrogen) atoms. The SMILES string of the molecule is Cc1cc(C(F)(F)C(O)(F)C(F)(F)F)c(C)c(C)c1NCCCN. The molecule has 0 aliphatic heterocycles. The van der Waals surface area contributed by atoms with E-state index in [1.807, 2.05) is 0 Å². The maximum atomic E-state index is 14.1. The average Bonchev–Trinajstić information content (AvgIpc) is 2.45. The first-order chi connectivity index (χ1) is 10.8. The zero-order chi connectivity index (χ0) is 18.9. The molecule has 1 atom stereocenters. The molecule has 0 aromatic heterocycles. The third-order valence-corrected chi connectivity index (χ3v) is 3.91. The second-order valence-corrected chi connectivity index (χ2v) is 5.63. The van der Waals surface area contributed by atoms with Crippen LogP contribution in [-0.4, -0.2) is 30.2 Å². The van der Waals surface area contributed by atoms with Crippen LogP contribution in [0.5, 0.6) is 0 Å². The molecule has 0 fully saturated rings. The highest BCUT2D eigenvalue weighted by Gasteiger charge is 2.71. The fraction of sp³-hybridized carbons (Fsp3) is 0.600. The number of anilines is 1. The van der Waals surface area contributed by atoms with E-state index in [1.54, 1.807) is 0 Å². The van der Waals surface area contributed by atoms with E-state index in [1.165, 1.54) is 13.8 Å². The first-order valence-corrected chi connectivity index (χ1v) is 7.20. The molecular formula is C15H20F6N2O. The Balaban J connectivity index is 3.41. The normalized spacial score (nSPS) is 15.3. The summed E-state index contributed by atoms with van der Waals surface area (Å²) in [7, 11) is 0. The molecule has 0 bridgehead atoms. The summed E-state index contributed by atoms with van der Waals surface area (Å²) in [6, 6.07) is 0.753. The van der Waals surface area contributed by atoms with E-state index in [-0.39, 0.29) is 16.7 Å². The largest absolute Gasteiger partial charge is 0.455 e. The minimum Gasteiger partial charge on any atom is -0.385 e. The topological polar surface area (TPSA) is 58.3 Å². The van der Waals surface area contributed by atoms with Crippen molar-refractivity contribution in [1.29, 1.82) is 0 Å². The quantitative estimate of drug-likeness (QED) is 0.537. The number of nitrogens with two attached hydrogens (primary N) is 1. The summed E-state index contributed by atoms with van der Waals surface area (Å²) in [5.41, 5.74) is 4.84. The lowest BCUT2D eigenvalue weighted by Gasteiger charge is -2.32. The van der Waals surface area contributed by atoms with Crippen LogP contribution < -0.4 is 11.1 Å². The molecule has 0 aliphatic rings. The van der Waals surface area contributed by atoms with Crippen molar-refractivity contribution in [3.8, 4) is 0 Å². The Hall–Kier alpha value is -1.48. The van der Waals surface area contributed by atoms with Gasteiger partial charge in [-0.3, -0.25) is 0 Å². The average molecular weight is 358 g/mol. The fourth-order valence-electron chi connectivity index (χ4n) is 2.35.